The summed E-state index contributed by atoms with van der Waals surface area (Å²) in [6.45, 7) is 10.1. The van der Waals surface area contributed by atoms with Gasteiger partial charge < -0.3 is 46.9 Å². The molecule has 4 aliphatic heterocycles. The lowest BCUT2D eigenvalue weighted by Crippen LogP contribution is -2.49. The molecule has 63 heavy (non-hydrogen) atoms. The molecule has 0 amide bonds. The number of nitriles is 1. The van der Waals surface area contributed by atoms with Gasteiger partial charge >= 0.3 is 0 Å². The van der Waals surface area contributed by atoms with Crippen LogP contribution in [0.1, 0.15) is 56.5 Å². The number of benzene rings is 3. The number of methoxy groups -OCH3 is 2. The van der Waals surface area contributed by atoms with E-state index >= 15 is 0 Å². The quantitative estimate of drug-likeness (QED) is 0.0512. The number of hydrogen-bond acceptors (Lipinski definition) is 14. The highest BCUT2D eigenvalue weighted by atomic mass is 31.2. The number of ether oxygens (including phenoxy) is 8. The molecule has 334 valence electrons. The first-order chi connectivity index (χ1) is 30.5. The molecule has 4 aliphatic rings. The Bertz CT molecular complexity index is 2110. The summed E-state index contributed by atoms with van der Waals surface area (Å²) in [4.78, 5) is 0. The number of fused-ring (bicyclic) bond motifs is 4. The van der Waals surface area contributed by atoms with Crippen LogP contribution >= 0.6 is 8.53 Å². The van der Waals surface area contributed by atoms with E-state index in [1.54, 1.807) is 18.9 Å². The Hall–Kier alpha value is -3.91. The summed E-state index contributed by atoms with van der Waals surface area (Å²) in [5.41, 5.74) is 0.627. The fraction of sp³-hybridized carbons (Fsp3) is 0.533. The minimum Gasteiger partial charge on any atom is -0.497 e. The van der Waals surface area contributed by atoms with Gasteiger partial charge in [-0.3, -0.25) is 0 Å². The second kappa shape index (κ2) is 19.3. The van der Waals surface area contributed by atoms with Crippen LogP contribution in [0.5, 0.6) is 11.5 Å². The van der Waals surface area contributed by atoms with Gasteiger partial charge in [0.15, 0.2) is 0 Å². The number of hydrogen-bond donors (Lipinski definition) is 0. The van der Waals surface area contributed by atoms with Crippen molar-refractivity contribution in [1.29, 1.82) is 5.26 Å². The first-order valence-electron chi connectivity index (χ1n) is 21.8. The topological polar surface area (TPSA) is 150 Å². The first-order valence-corrected chi connectivity index (χ1v) is 22.9. The summed E-state index contributed by atoms with van der Waals surface area (Å²) in [7, 11) is 5.80. The molecule has 4 saturated heterocycles. The highest BCUT2D eigenvalue weighted by Crippen LogP contribution is 2.54. The molecule has 0 N–H and O–H groups in total. The summed E-state index contributed by atoms with van der Waals surface area (Å²) >= 11 is 0. The fourth-order valence-electron chi connectivity index (χ4n) is 9.61. The molecule has 0 aliphatic carbocycles. The molecule has 18 heteroatoms. The van der Waals surface area contributed by atoms with Gasteiger partial charge in [0.1, 0.15) is 74.1 Å². The van der Waals surface area contributed by atoms with Crippen LogP contribution in [0.25, 0.3) is 0 Å². The smallest absolute Gasteiger partial charge is 0.259 e. The predicted octanol–water partition coefficient (Wildman–Crippen LogP) is 4.10. The summed E-state index contributed by atoms with van der Waals surface area (Å²) in [5, 5.41) is 18.3. The lowest BCUT2D eigenvalue weighted by molar-refractivity contribution is -0.169. The molecule has 0 saturated carbocycles. The van der Waals surface area contributed by atoms with Crippen molar-refractivity contribution >= 4 is 24.2 Å². The van der Waals surface area contributed by atoms with Crippen LogP contribution in [-0.4, -0.2) is 136 Å². The molecule has 4 aromatic rings. The molecule has 8 rings (SSSR count). The van der Waals surface area contributed by atoms with Crippen molar-refractivity contribution in [2.24, 2.45) is 0 Å². The Morgan fingerprint density at radius 2 is 1.41 bits per heavy atom. The van der Waals surface area contributed by atoms with Crippen molar-refractivity contribution in [3.63, 3.8) is 0 Å². The van der Waals surface area contributed by atoms with E-state index in [1.165, 1.54) is 0 Å². The molecule has 9 atom stereocenters. The zero-order valence-corrected chi connectivity index (χ0v) is 38.3. The van der Waals surface area contributed by atoms with Crippen molar-refractivity contribution in [2.75, 3.05) is 40.6 Å². The molecule has 0 spiro atoms. The fourth-order valence-corrected chi connectivity index (χ4v) is 11.4. The van der Waals surface area contributed by atoms with Crippen LogP contribution in [0.3, 0.4) is 0 Å². The molecule has 4 bridgehead atoms. The zero-order chi connectivity index (χ0) is 44.4. The van der Waals surface area contributed by atoms with E-state index in [0.717, 1.165) is 28.2 Å². The van der Waals surface area contributed by atoms with E-state index in [9.17, 15) is 5.26 Å². The van der Waals surface area contributed by atoms with Crippen LogP contribution in [0.4, 0.5) is 0 Å². The van der Waals surface area contributed by atoms with E-state index in [1.807, 2.05) is 88.6 Å². The molecule has 15 nitrogen and oxygen atoms in total. The van der Waals surface area contributed by atoms with Crippen LogP contribution in [0.2, 0.25) is 0 Å². The predicted molar refractivity (Wildman–Crippen MR) is 239 cm³/mol. The Morgan fingerprint density at radius 1 is 0.841 bits per heavy atom. The highest BCUT2D eigenvalue weighted by Gasteiger charge is 2.63. The maximum absolute atomic E-state index is 9.24. The third-order valence-corrected chi connectivity index (χ3v) is 14.6. The van der Waals surface area contributed by atoms with E-state index in [4.69, 9.17) is 46.9 Å². The Morgan fingerprint density at radius 3 is 1.98 bits per heavy atom. The van der Waals surface area contributed by atoms with Crippen molar-refractivity contribution < 1.29 is 46.9 Å². The summed E-state index contributed by atoms with van der Waals surface area (Å²) in [5.74, 6) is 1.48. The van der Waals surface area contributed by atoms with Gasteiger partial charge in [-0.1, -0.05) is 59.8 Å². The molecular weight excluding hydrogens is 823 g/mol. The van der Waals surface area contributed by atoms with Gasteiger partial charge in [0.2, 0.25) is 0 Å². The van der Waals surface area contributed by atoms with Gasteiger partial charge in [0, 0.05) is 12.1 Å². The molecule has 3 aromatic carbocycles. The molecule has 1 aromatic heterocycles. The van der Waals surface area contributed by atoms with Gasteiger partial charge in [-0.15, -0.1) is 5.10 Å². The van der Waals surface area contributed by atoms with Gasteiger partial charge in [-0.2, -0.15) is 5.26 Å². The SMILES string of the molecule is B[C@@H]1O[C@@]2(COC(c3ccccc3)(c3ccc(OC)cc3)c3ccc(OC)cc3)COC1C2OCc1cn(C[C@]23COC(C2OP(OCCC#N)N(C(C)C)C(C)C)[C@H](B)O3)nn1. The van der Waals surface area contributed by atoms with Gasteiger partial charge in [-0.25, -0.2) is 9.35 Å². The van der Waals surface area contributed by atoms with E-state index in [0.29, 0.717) is 25.5 Å². The van der Waals surface area contributed by atoms with Gasteiger partial charge in [-0.05, 0) is 68.7 Å². The van der Waals surface area contributed by atoms with E-state index < -0.39 is 37.5 Å². The highest BCUT2D eigenvalue weighted by molar-refractivity contribution is 7.44. The summed E-state index contributed by atoms with van der Waals surface area (Å²) in [6, 6.07) is 28.2. The van der Waals surface area contributed by atoms with Crippen LogP contribution in [0.15, 0.2) is 85.1 Å². The van der Waals surface area contributed by atoms with Crippen molar-refractivity contribution in [2.45, 2.75) is 113 Å². The number of nitrogens with zero attached hydrogens (tertiary/aromatic N) is 5. The number of aromatic nitrogens is 3. The minimum absolute atomic E-state index is 0.151. The molecule has 0 radical (unpaired) electrons. The second-order valence-electron chi connectivity index (χ2n) is 17.3. The van der Waals surface area contributed by atoms with Crippen LogP contribution < -0.4 is 9.47 Å². The molecule has 4 fully saturated rings. The zero-order valence-electron chi connectivity index (χ0n) is 37.4. The van der Waals surface area contributed by atoms with Crippen LogP contribution in [0, 0.1) is 11.3 Å². The maximum atomic E-state index is 9.24. The second-order valence-corrected chi connectivity index (χ2v) is 18.7. The monoisotopic (exact) mass is 881 g/mol. The van der Waals surface area contributed by atoms with Crippen molar-refractivity contribution in [1.82, 2.24) is 19.7 Å². The Kier molecular flexibility index (Phi) is 14.0. The third kappa shape index (κ3) is 8.93. The number of rotatable bonds is 21. The maximum Gasteiger partial charge on any atom is 0.259 e. The normalized spacial score (nSPS) is 28.0. The molecule has 5 heterocycles. The van der Waals surface area contributed by atoms with Crippen molar-refractivity contribution in [3.05, 3.63) is 107 Å². The first kappa shape index (κ1) is 45.7. The lowest BCUT2D eigenvalue weighted by atomic mass is 9.79. The Balaban J connectivity index is 1.01. The average molecular weight is 882 g/mol. The lowest BCUT2D eigenvalue weighted by Gasteiger charge is -2.40. The summed E-state index contributed by atoms with van der Waals surface area (Å²) < 4.78 is 68.4. The van der Waals surface area contributed by atoms with Gasteiger partial charge in [0.25, 0.3) is 8.53 Å². The van der Waals surface area contributed by atoms with Crippen molar-refractivity contribution in [3.8, 4) is 17.6 Å². The third-order valence-electron chi connectivity index (χ3n) is 12.4. The molecular formula is C45H58B2N5O10P. The molecule has 5 unspecified atom stereocenters. The minimum atomic E-state index is -1.52. The van der Waals surface area contributed by atoms with E-state index in [2.05, 4.69) is 60.9 Å². The Labute approximate surface area is 373 Å². The largest absolute Gasteiger partial charge is 0.497 e. The van der Waals surface area contributed by atoms with Gasteiger partial charge in [0.05, 0.1) is 84.5 Å². The average Bonchev–Trinajstić information content (AvgIpc) is 4.08. The summed E-state index contributed by atoms with van der Waals surface area (Å²) in [6.07, 6.45) is 0.681. The van der Waals surface area contributed by atoms with Crippen LogP contribution in [-0.2, 0) is 56.2 Å². The standard InChI is InChI=1S/C45H58B2N5O10P/c1-29(2)52(30(3)4)63(59-22-10-21-48)62-40-38-42(47)60-43(40,26-56-38)25-51-23-34(49-50-51)24-55-39-37-41(46)61-44(39,27-57-37)28-58-45(31-11-8-7-9-12-31,32-13-17-35(53-5)18-14-32)33-15-19-36(54-6)20-16-33/h7-9,11-20,23,29-30,37-42H,10,22,24-28,46-47H2,1-6H3/t37?,38?,39?,40?,41-,42-,43+,44-,63?/m1/s1. The van der Waals surface area contributed by atoms with E-state index in [-0.39, 0.29) is 62.5 Å².